The Hall–Kier alpha value is -1.55. The third-order valence-electron chi connectivity index (χ3n) is 3.18. The summed E-state index contributed by atoms with van der Waals surface area (Å²) in [6, 6.07) is 6.91. The Kier molecular flexibility index (Phi) is 4.73. The number of methoxy groups -OCH3 is 1. The molecule has 2 N–H and O–H groups in total. The van der Waals surface area contributed by atoms with Gasteiger partial charge in [0.1, 0.15) is 5.75 Å². The maximum atomic E-state index is 11.9. The van der Waals surface area contributed by atoms with Gasteiger partial charge in [-0.25, -0.2) is 0 Å². The van der Waals surface area contributed by atoms with E-state index in [4.69, 9.17) is 4.74 Å². The second-order valence-electron chi connectivity index (χ2n) is 4.93. The van der Waals surface area contributed by atoms with Crippen molar-refractivity contribution in [2.45, 2.75) is 26.4 Å². The van der Waals surface area contributed by atoms with Gasteiger partial charge in [0.05, 0.1) is 12.7 Å². The van der Waals surface area contributed by atoms with E-state index in [2.05, 4.69) is 5.32 Å². The van der Waals surface area contributed by atoms with Gasteiger partial charge in [-0.2, -0.15) is 0 Å². The zero-order chi connectivity index (χ0) is 13.8. The maximum Gasteiger partial charge on any atom is 0.251 e. The summed E-state index contributed by atoms with van der Waals surface area (Å²) in [4.78, 5) is 11.9. The molecule has 0 aliphatic heterocycles. The SMILES string of the molecule is COc1cccc(C(=O)NCC(C)(O)C(C)C)c1. The van der Waals surface area contributed by atoms with Crippen LogP contribution in [0.3, 0.4) is 0 Å². The van der Waals surface area contributed by atoms with Crippen LogP contribution in [0.25, 0.3) is 0 Å². The molecule has 1 atom stereocenters. The van der Waals surface area contributed by atoms with Gasteiger partial charge in [-0.15, -0.1) is 0 Å². The Morgan fingerprint density at radius 3 is 2.72 bits per heavy atom. The van der Waals surface area contributed by atoms with Crippen molar-refractivity contribution in [1.29, 1.82) is 0 Å². The van der Waals surface area contributed by atoms with Crippen LogP contribution in [0.5, 0.6) is 5.75 Å². The first-order chi connectivity index (χ1) is 8.36. The minimum Gasteiger partial charge on any atom is -0.497 e. The predicted octanol–water partition coefficient (Wildman–Crippen LogP) is 1.83. The van der Waals surface area contributed by atoms with E-state index in [0.717, 1.165) is 0 Å². The minimum absolute atomic E-state index is 0.0723. The van der Waals surface area contributed by atoms with Crippen molar-refractivity contribution in [3.63, 3.8) is 0 Å². The van der Waals surface area contributed by atoms with E-state index in [1.54, 1.807) is 38.3 Å². The summed E-state index contributed by atoms with van der Waals surface area (Å²) in [5.41, 5.74) is -0.386. The molecule has 0 radical (unpaired) electrons. The topological polar surface area (TPSA) is 58.6 Å². The highest BCUT2D eigenvalue weighted by atomic mass is 16.5. The number of hydrogen-bond donors (Lipinski definition) is 2. The average Bonchev–Trinajstić information content (AvgIpc) is 2.36. The van der Waals surface area contributed by atoms with Crippen LogP contribution in [-0.4, -0.2) is 30.3 Å². The molecule has 1 aromatic rings. The van der Waals surface area contributed by atoms with Crippen LogP contribution in [0.15, 0.2) is 24.3 Å². The molecule has 1 amide bonds. The molecular formula is C14H21NO3. The molecule has 0 aliphatic rings. The normalized spacial score (nSPS) is 14.1. The fourth-order valence-corrected chi connectivity index (χ4v) is 1.33. The zero-order valence-electron chi connectivity index (χ0n) is 11.4. The summed E-state index contributed by atoms with van der Waals surface area (Å²) >= 11 is 0. The Labute approximate surface area is 108 Å². The van der Waals surface area contributed by atoms with Gasteiger partial charge < -0.3 is 15.2 Å². The molecule has 4 nitrogen and oxygen atoms in total. The van der Waals surface area contributed by atoms with E-state index >= 15 is 0 Å². The van der Waals surface area contributed by atoms with Crippen molar-refractivity contribution in [3.8, 4) is 5.75 Å². The maximum absolute atomic E-state index is 11.9. The molecule has 0 aromatic heterocycles. The summed E-state index contributed by atoms with van der Waals surface area (Å²) in [7, 11) is 1.56. The summed E-state index contributed by atoms with van der Waals surface area (Å²) in [5.74, 6) is 0.496. The predicted molar refractivity (Wildman–Crippen MR) is 70.8 cm³/mol. The van der Waals surface area contributed by atoms with E-state index in [1.807, 2.05) is 13.8 Å². The summed E-state index contributed by atoms with van der Waals surface area (Å²) in [5, 5.41) is 12.8. The van der Waals surface area contributed by atoms with E-state index < -0.39 is 5.60 Å². The van der Waals surface area contributed by atoms with Crippen LogP contribution >= 0.6 is 0 Å². The molecule has 18 heavy (non-hydrogen) atoms. The highest BCUT2D eigenvalue weighted by Gasteiger charge is 2.25. The zero-order valence-corrected chi connectivity index (χ0v) is 11.4. The first-order valence-electron chi connectivity index (χ1n) is 6.01. The minimum atomic E-state index is -0.908. The molecule has 0 heterocycles. The number of nitrogens with one attached hydrogen (secondary N) is 1. The highest BCUT2D eigenvalue weighted by Crippen LogP contribution is 2.16. The van der Waals surface area contributed by atoms with Gasteiger partial charge in [0, 0.05) is 12.1 Å². The van der Waals surface area contributed by atoms with Crippen molar-refractivity contribution in [2.75, 3.05) is 13.7 Å². The van der Waals surface area contributed by atoms with Gasteiger partial charge in [0.15, 0.2) is 0 Å². The van der Waals surface area contributed by atoms with E-state index in [9.17, 15) is 9.90 Å². The van der Waals surface area contributed by atoms with E-state index in [-0.39, 0.29) is 18.4 Å². The number of aliphatic hydroxyl groups is 1. The first kappa shape index (κ1) is 14.5. The van der Waals surface area contributed by atoms with Crippen molar-refractivity contribution >= 4 is 5.91 Å². The Balaban J connectivity index is 2.66. The molecule has 0 spiro atoms. The summed E-state index contributed by atoms with van der Waals surface area (Å²) in [6.45, 7) is 5.76. The van der Waals surface area contributed by atoms with Gasteiger partial charge in [0.25, 0.3) is 5.91 Å². The van der Waals surface area contributed by atoms with Gasteiger partial charge in [-0.1, -0.05) is 19.9 Å². The van der Waals surface area contributed by atoms with Crippen LogP contribution < -0.4 is 10.1 Å². The van der Waals surface area contributed by atoms with Crippen LogP contribution in [0.1, 0.15) is 31.1 Å². The second kappa shape index (κ2) is 5.87. The average molecular weight is 251 g/mol. The molecule has 1 aromatic carbocycles. The third kappa shape index (κ3) is 3.74. The number of ether oxygens (including phenoxy) is 1. The number of carbonyl (C=O) groups excluding carboxylic acids is 1. The van der Waals surface area contributed by atoms with Crippen molar-refractivity contribution in [3.05, 3.63) is 29.8 Å². The first-order valence-corrected chi connectivity index (χ1v) is 6.01. The van der Waals surface area contributed by atoms with Crippen LogP contribution in [0, 0.1) is 5.92 Å². The number of hydrogen-bond acceptors (Lipinski definition) is 3. The lowest BCUT2D eigenvalue weighted by atomic mass is 9.92. The van der Waals surface area contributed by atoms with E-state index in [0.29, 0.717) is 11.3 Å². The molecule has 0 bridgehead atoms. The monoisotopic (exact) mass is 251 g/mol. The number of benzene rings is 1. The fraction of sp³-hybridized carbons (Fsp3) is 0.500. The second-order valence-corrected chi connectivity index (χ2v) is 4.93. The molecule has 1 rings (SSSR count). The number of rotatable bonds is 5. The quantitative estimate of drug-likeness (QED) is 0.839. The molecular weight excluding hydrogens is 230 g/mol. The lowest BCUT2D eigenvalue weighted by Crippen LogP contribution is -2.44. The van der Waals surface area contributed by atoms with Crippen LogP contribution in [-0.2, 0) is 0 Å². The number of carbonyl (C=O) groups is 1. The molecule has 0 fully saturated rings. The van der Waals surface area contributed by atoms with Crippen molar-refractivity contribution in [2.24, 2.45) is 5.92 Å². The molecule has 0 saturated heterocycles. The van der Waals surface area contributed by atoms with Gasteiger partial charge in [-0.3, -0.25) is 4.79 Å². The lowest BCUT2D eigenvalue weighted by molar-refractivity contribution is 0.0142. The lowest BCUT2D eigenvalue weighted by Gasteiger charge is -2.27. The molecule has 1 unspecified atom stereocenters. The molecule has 4 heteroatoms. The molecule has 0 saturated carbocycles. The molecule has 100 valence electrons. The molecule has 0 aliphatic carbocycles. The summed E-state index contributed by atoms with van der Waals surface area (Å²) < 4.78 is 5.06. The Morgan fingerprint density at radius 2 is 2.17 bits per heavy atom. The Morgan fingerprint density at radius 1 is 1.50 bits per heavy atom. The standard InChI is InChI=1S/C14H21NO3/c1-10(2)14(3,17)9-15-13(16)11-6-5-7-12(8-11)18-4/h5-8,10,17H,9H2,1-4H3,(H,15,16). The van der Waals surface area contributed by atoms with Crippen molar-refractivity contribution < 1.29 is 14.6 Å². The number of amides is 1. The third-order valence-corrected chi connectivity index (χ3v) is 3.18. The summed E-state index contributed by atoms with van der Waals surface area (Å²) in [6.07, 6.45) is 0. The smallest absolute Gasteiger partial charge is 0.251 e. The largest absolute Gasteiger partial charge is 0.497 e. The van der Waals surface area contributed by atoms with Crippen LogP contribution in [0.4, 0.5) is 0 Å². The van der Waals surface area contributed by atoms with Gasteiger partial charge in [0.2, 0.25) is 0 Å². The fourth-order valence-electron chi connectivity index (χ4n) is 1.33. The van der Waals surface area contributed by atoms with Gasteiger partial charge >= 0.3 is 0 Å². The van der Waals surface area contributed by atoms with Gasteiger partial charge in [-0.05, 0) is 31.0 Å². The van der Waals surface area contributed by atoms with Crippen LogP contribution in [0.2, 0.25) is 0 Å². The Bertz CT molecular complexity index is 413. The highest BCUT2D eigenvalue weighted by molar-refractivity contribution is 5.94. The van der Waals surface area contributed by atoms with Crippen molar-refractivity contribution in [1.82, 2.24) is 5.32 Å². The van der Waals surface area contributed by atoms with E-state index in [1.165, 1.54) is 0 Å².